The van der Waals surface area contributed by atoms with E-state index >= 15 is 0 Å². The van der Waals surface area contributed by atoms with Crippen LogP contribution in [0.3, 0.4) is 0 Å². The highest BCUT2D eigenvalue weighted by Gasteiger charge is 2.14. The van der Waals surface area contributed by atoms with E-state index in [0.717, 1.165) is 11.1 Å². The zero-order valence-electron chi connectivity index (χ0n) is 17.7. The Morgan fingerprint density at radius 2 is 1.62 bits per heavy atom. The topological polar surface area (TPSA) is 59.6 Å². The van der Waals surface area contributed by atoms with Crippen molar-refractivity contribution >= 4 is 52.1 Å². The van der Waals surface area contributed by atoms with Gasteiger partial charge in [-0.15, -0.1) is 0 Å². The Morgan fingerprint density at radius 3 is 2.34 bits per heavy atom. The fourth-order valence-corrected chi connectivity index (χ4v) is 3.47. The average Bonchev–Trinajstić information content (AvgIpc) is 2.76. The quantitative estimate of drug-likeness (QED) is 0.337. The average molecular weight is 494 g/mol. The molecule has 168 valence electrons. The summed E-state index contributed by atoms with van der Waals surface area (Å²) >= 11 is 18.7. The van der Waals surface area contributed by atoms with E-state index in [4.69, 9.17) is 44.3 Å². The lowest BCUT2D eigenvalue weighted by Gasteiger charge is -2.16. The number of aryl methyl sites for hydroxylation is 1. The minimum Gasteiger partial charge on any atom is -0.490 e. The van der Waals surface area contributed by atoms with Crippen LogP contribution >= 0.6 is 34.8 Å². The zero-order chi connectivity index (χ0) is 23.1. The molecule has 0 heterocycles. The number of benzene rings is 3. The molecule has 0 atom stereocenters. The highest BCUT2D eigenvalue weighted by atomic mass is 35.5. The fourth-order valence-electron chi connectivity index (χ4n) is 2.89. The second kappa shape index (κ2) is 11.3. The van der Waals surface area contributed by atoms with Gasteiger partial charge in [-0.05, 0) is 55.8 Å². The van der Waals surface area contributed by atoms with Gasteiger partial charge >= 0.3 is 0 Å². The molecule has 32 heavy (non-hydrogen) atoms. The van der Waals surface area contributed by atoms with E-state index in [1.165, 1.54) is 0 Å². The first-order valence-electron chi connectivity index (χ1n) is 9.99. The second-order valence-electron chi connectivity index (χ2n) is 7.00. The molecule has 3 aromatic carbocycles. The van der Waals surface area contributed by atoms with Crippen LogP contribution in [-0.4, -0.2) is 19.1 Å². The van der Waals surface area contributed by atoms with Gasteiger partial charge in [0.1, 0.15) is 0 Å². The number of halogens is 3. The minimum absolute atomic E-state index is 0.181. The van der Waals surface area contributed by atoms with Gasteiger partial charge < -0.3 is 20.1 Å². The number of ether oxygens (including phenoxy) is 2. The van der Waals surface area contributed by atoms with Crippen molar-refractivity contribution in [2.45, 2.75) is 20.4 Å². The molecule has 0 fully saturated rings. The molecular weight excluding hydrogens is 471 g/mol. The van der Waals surface area contributed by atoms with Crippen LogP contribution < -0.4 is 20.1 Å². The smallest absolute Gasteiger partial charge is 0.262 e. The number of anilines is 2. The summed E-state index contributed by atoms with van der Waals surface area (Å²) in [4.78, 5) is 12.3. The van der Waals surface area contributed by atoms with Crippen LogP contribution in [0.1, 0.15) is 18.1 Å². The molecule has 0 saturated carbocycles. The van der Waals surface area contributed by atoms with Crippen LogP contribution in [0.15, 0.2) is 54.6 Å². The molecule has 2 N–H and O–H groups in total. The lowest BCUT2D eigenvalue weighted by Crippen LogP contribution is -2.20. The molecule has 0 radical (unpaired) electrons. The van der Waals surface area contributed by atoms with Gasteiger partial charge in [0.15, 0.2) is 18.1 Å². The van der Waals surface area contributed by atoms with Crippen LogP contribution in [0.4, 0.5) is 11.4 Å². The molecule has 3 aromatic rings. The van der Waals surface area contributed by atoms with E-state index < -0.39 is 0 Å². The molecule has 5 nitrogen and oxygen atoms in total. The fraction of sp³-hybridized carbons (Fsp3) is 0.208. The number of amides is 1. The van der Waals surface area contributed by atoms with Gasteiger partial charge in [-0.25, -0.2) is 0 Å². The highest BCUT2D eigenvalue weighted by molar-refractivity contribution is 6.35. The summed E-state index contributed by atoms with van der Waals surface area (Å²) in [6.07, 6.45) is 0. The van der Waals surface area contributed by atoms with Gasteiger partial charge in [0.05, 0.1) is 17.3 Å². The van der Waals surface area contributed by atoms with Crippen LogP contribution in [0.2, 0.25) is 15.1 Å². The Labute approximate surface area is 202 Å². The second-order valence-corrected chi connectivity index (χ2v) is 8.25. The molecule has 3 rings (SSSR count). The highest BCUT2D eigenvalue weighted by Crippen LogP contribution is 2.35. The Balaban J connectivity index is 1.68. The summed E-state index contributed by atoms with van der Waals surface area (Å²) in [7, 11) is 0. The van der Waals surface area contributed by atoms with Crippen LogP contribution in [0, 0.1) is 6.92 Å². The summed E-state index contributed by atoms with van der Waals surface area (Å²) in [5.41, 5.74) is 3.29. The normalized spacial score (nSPS) is 10.5. The van der Waals surface area contributed by atoms with E-state index in [9.17, 15) is 4.79 Å². The van der Waals surface area contributed by atoms with Crippen LogP contribution in [0.5, 0.6) is 11.5 Å². The number of hydrogen-bond acceptors (Lipinski definition) is 4. The van der Waals surface area contributed by atoms with Crippen molar-refractivity contribution in [3.63, 3.8) is 0 Å². The number of hydrogen-bond donors (Lipinski definition) is 2. The first-order chi connectivity index (χ1) is 15.4. The Hall–Kier alpha value is -2.60. The van der Waals surface area contributed by atoms with Gasteiger partial charge in [-0.2, -0.15) is 0 Å². The predicted octanol–water partition coefficient (Wildman–Crippen LogP) is 6.98. The van der Waals surface area contributed by atoms with Crippen molar-refractivity contribution in [1.29, 1.82) is 0 Å². The Kier molecular flexibility index (Phi) is 8.51. The number of nitrogens with one attached hydrogen (secondary N) is 2. The molecule has 0 aliphatic rings. The minimum atomic E-state index is -0.284. The summed E-state index contributed by atoms with van der Waals surface area (Å²) in [6.45, 7) is 4.50. The monoisotopic (exact) mass is 492 g/mol. The van der Waals surface area contributed by atoms with Crippen LogP contribution in [-0.2, 0) is 11.3 Å². The molecule has 1 amide bonds. The molecule has 8 heteroatoms. The van der Waals surface area contributed by atoms with Crippen molar-refractivity contribution in [1.82, 2.24) is 0 Å². The number of carbonyl (C=O) groups excluding carboxylic acids is 1. The Bertz CT molecular complexity index is 1090. The summed E-state index contributed by atoms with van der Waals surface area (Å²) in [6, 6.07) is 16.1. The van der Waals surface area contributed by atoms with Crippen molar-refractivity contribution in [2.24, 2.45) is 0 Å². The predicted molar refractivity (Wildman–Crippen MR) is 132 cm³/mol. The van der Waals surface area contributed by atoms with Gasteiger partial charge in [-0.3, -0.25) is 4.79 Å². The Morgan fingerprint density at radius 1 is 0.906 bits per heavy atom. The lowest BCUT2D eigenvalue weighted by atomic mass is 10.2. The van der Waals surface area contributed by atoms with E-state index in [0.29, 0.717) is 51.1 Å². The SMILES string of the molecule is CCOc1cc(CNc2cc(Cl)ccc2Cl)c(Cl)cc1OCC(=O)Nc1ccc(C)cc1. The molecule has 0 spiro atoms. The van der Waals surface area contributed by atoms with Gasteiger partial charge in [0.25, 0.3) is 5.91 Å². The number of carbonyl (C=O) groups is 1. The summed E-state index contributed by atoms with van der Waals surface area (Å²) in [5.74, 6) is 0.600. The van der Waals surface area contributed by atoms with Gasteiger partial charge in [0.2, 0.25) is 0 Å². The number of rotatable bonds is 9. The maximum atomic E-state index is 12.3. The molecule has 0 saturated heterocycles. The molecule has 0 aliphatic heterocycles. The molecule has 0 aromatic heterocycles. The van der Waals surface area contributed by atoms with E-state index in [2.05, 4.69) is 10.6 Å². The lowest BCUT2D eigenvalue weighted by molar-refractivity contribution is -0.118. The third kappa shape index (κ3) is 6.70. The summed E-state index contributed by atoms with van der Waals surface area (Å²) < 4.78 is 11.4. The van der Waals surface area contributed by atoms with Gasteiger partial charge in [0, 0.05) is 28.3 Å². The first-order valence-corrected chi connectivity index (χ1v) is 11.1. The van der Waals surface area contributed by atoms with E-state index in [-0.39, 0.29) is 12.5 Å². The largest absolute Gasteiger partial charge is 0.490 e. The maximum Gasteiger partial charge on any atom is 0.262 e. The maximum absolute atomic E-state index is 12.3. The zero-order valence-corrected chi connectivity index (χ0v) is 19.9. The van der Waals surface area contributed by atoms with Crippen molar-refractivity contribution in [3.8, 4) is 11.5 Å². The summed E-state index contributed by atoms with van der Waals surface area (Å²) in [5, 5.41) is 7.61. The van der Waals surface area contributed by atoms with Crippen molar-refractivity contribution < 1.29 is 14.3 Å². The van der Waals surface area contributed by atoms with Crippen molar-refractivity contribution in [2.75, 3.05) is 23.8 Å². The van der Waals surface area contributed by atoms with Gasteiger partial charge in [-0.1, -0.05) is 52.5 Å². The standard InChI is InChI=1S/C24H23Cl3N2O3/c1-3-31-22-10-16(13-28-21-11-17(25)6-9-19(21)26)20(27)12-23(22)32-14-24(30)29-18-7-4-15(2)5-8-18/h4-12,28H,3,13-14H2,1-2H3,(H,29,30). The molecule has 0 bridgehead atoms. The molecule has 0 aliphatic carbocycles. The van der Waals surface area contributed by atoms with E-state index in [1.54, 1.807) is 30.3 Å². The third-order valence-corrected chi connectivity index (χ3v) is 5.42. The first kappa shape index (κ1) is 24.1. The van der Waals surface area contributed by atoms with E-state index in [1.807, 2.05) is 38.1 Å². The molecule has 0 unspecified atom stereocenters. The van der Waals surface area contributed by atoms with Crippen molar-refractivity contribution in [3.05, 3.63) is 80.8 Å². The van der Waals surface area contributed by atoms with Crippen LogP contribution in [0.25, 0.3) is 0 Å². The molecular formula is C24H23Cl3N2O3. The third-order valence-electron chi connectivity index (χ3n) is 4.50.